The minimum atomic E-state index is -0.940. The van der Waals surface area contributed by atoms with E-state index in [-0.39, 0.29) is 30.9 Å². The number of hydrogen-bond donors (Lipinski definition) is 3. The summed E-state index contributed by atoms with van der Waals surface area (Å²) in [6.45, 7) is -0.699. The number of halogens is 1. The molecule has 0 spiro atoms. The fourth-order valence-corrected chi connectivity index (χ4v) is 3.47. The number of hydrogen-bond acceptors (Lipinski definition) is 8. The zero-order chi connectivity index (χ0) is 21.1. The lowest BCUT2D eigenvalue weighted by molar-refractivity contribution is -0.386. The Kier molecular flexibility index (Phi) is 6.79. The van der Waals surface area contributed by atoms with Crippen LogP contribution in [0.1, 0.15) is 23.8 Å². The molecule has 2 aromatic rings. The molecule has 0 bridgehead atoms. The van der Waals surface area contributed by atoms with Gasteiger partial charge in [0.25, 0.3) is 11.2 Å². The molecule has 0 aliphatic carbocycles. The third-order valence-electron chi connectivity index (χ3n) is 4.50. The number of ether oxygens (including phenoxy) is 2. The van der Waals surface area contributed by atoms with Crippen LogP contribution in [0.3, 0.4) is 0 Å². The molecule has 1 saturated heterocycles. The summed E-state index contributed by atoms with van der Waals surface area (Å²) in [6.07, 6.45) is -1.26. The molecule has 0 saturated carbocycles. The molecule has 3 atom stereocenters. The molecule has 1 aliphatic rings. The van der Waals surface area contributed by atoms with Crippen LogP contribution in [0.15, 0.2) is 34.0 Å². The van der Waals surface area contributed by atoms with Gasteiger partial charge in [-0.25, -0.2) is 4.79 Å². The highest BCUT2D eigenvalue weighted by Gasteiger charge is 2.35. The lowest BCUT2D eigenvalue weighted by Crippen LogP contribution is -2.34. The Hall–Kier alpha value is -2.13. The summed E-state index contributed by atoms with van der Waals surface area (Å²) < 4.78 is 12.7. The quantitative estimate of drug-likeness (QED) is 0.270. The molecule has 3 N–H and O–H groups in total. The number of benzene rings is 1. The lowest BCUT2D eigenvalue weighted by atomic mass is 10.2. The molecular weight excluding hydrogens is 501 g/mol. The molecule has 1 aromatic carbocycles. The molecule has 12 heteroatoms. The summed E-state index contributed by atoms with van der Waals surface area (Å²) in [7, 11) is 0. The maximum absolute atomic E-state index is 12.1. The van der Waals surface area contributed by atoms with Gasteiger partial charge < -0.3 is 19.7 Å². The second-order valence-electron chi connectivity index (χ2n) is 6.46. The van der Waals surface area contributed by atoms with Crippen LogP contribution in [0.25, 0.3) is 0 Å². The van der Waals surface area contributed by atoms with E-state index in [2.05, 4.69) is 4.98 Å². The number of H-pyrrole nitrogens is 1. The number of nitrogens with one attached hydrogen (secondary N) is 1. The van der Waals surface area contributed by atoms with Crippen LogP contribution in [0.2, 0.25) is 0 Å². The van der Waals surface area contributed by atoms with Crippen molar-refractivity contribution in [1.29, 1.82) is 0 Å². The molecule has 2 heterocycles. The van der Waals surface area contributed by atoms with Gasteiger partial charge in [-0.2, -0.15) is 0 Å². The van der Waals surface area contributed by atoms with Gasteiger partial charge >= 0.3 is 5.69 Å². The van der Waals surface area contributed by atoms with Crippen LogP contribution in [0.4, 0.5) is 5.69 Å². The van der Waals surface area contributed by atoms with Crippen LogP contribution in [-0.4, -0.2) is 43.5 Å². The maximum atomic E-state index is 12.1. The van der Waals surface area contributed by atoms with Crippen molar-refractivity contribution in [3.8, 4) is 0 Å². The number of nitro groups is 1. The van der Waals surface area contributed by atoms with Gasteiger partial charge in [-0.3, -0.25) is 24.5 Å². The number of aromatic amines is 1. The van der Waals surface area contributed by atoms with Gasteiger partial charge in [0.05, 0.1) is 42.0 Å². The van der Waals surface area contributed by atoms with Crippen molar-refractivity contribution in [2.75, 3.05) is 6.61 Å². The average molecular weight is 519 g/mol. The highest BCUT2D eigenvalue weighted by atomic mass is 127. The molecule has 1 unspecified atom stereocenters. The predicted octanol–water partition coefficient (Wildman–Crippen LogP) is 0.407. The van der Waals surface area contributed by atoms with Crippen LogP contribution in [0.5, 0.6) is 0 Å². The van der Waals surface area contributed by atoms with E-state index in [1.165, 1.54) is 12.3 Å². The van der Waals surface area contributed by atoms with Crippen molar-refractivity contribution in [2.45, 2.75) is 38.1 Å². The lowest BCUT2D eigenvalue weighted by Gasteiger charge is -2.15. The predicted molar refractivity (Wildman–Crippen MR) is 107 cm³/mol. The van der Waals surface area contributed by atoms with Crippen molar-refractivity contribution >= 4 is 28.3 Å². The summed E-state index contributed by atoms with van der Waals surface area (Å²) in [5.74, 6) is 0. The molecule has 1 aliphatic heterocycles. The molecule has 156 valence electrons. The molecule has 29 heavy (non-hydrogen) atoms. The van der Waals surface area contributed by atoms with E-state index in [1.54, 1.807) is 12.1 Å². The minimum absolute atomic E-state index is 0.0757. The highest BCUT2D eigenvalue weighted by Crippen LogP contribution is 2.27. The Morgan fingerprint density at radius 2 is 2.07 bits per heavy atom. The van der Waals surface area contributed by atoms with E-state index in [9.17, 15) is 29.9 Å². The minimum Gasteiger partial charge on any atom is -0.394 e. The average Bonchev–Trinajstić information content (AvgIpc) is 3.04. The van der Waals surface area contributed by atoms with Crippen molar-refractivity contribution in [3.63, 3.8) is 0 Å². The molecule has 0 radical (unpaired) electrons. The van der Waals surface area contributed by atoms with E-state index < -0.39 is 41.2 Å². The molecular formula is C17H18IN3O8. The van der Waals surface area contributed by atoms with Crippen molar-refractivity contribution in [2.24, 2.45) is 0 Å². The third kappa shape index (κ3) is 4.90. The van der Waals surface area contributed by atoms with E-state index >= 15 is 0 Å². The van der Waals surface area contributed by atoms with Gasteiger partial charge in [-0.15, -0.1) is 0 Å². The summed E-state index contributed by atoms with van der Waals surface area (Å²) in [5.41, 5.74) is -0.987. The van der Waals surface area contributed by atoms with Crippen molar-refractivity contribution in [3.05, 3.63) is 70.0 Å². The second kappa shape index (κ2) is 9.13. The van der Waals surface area contributed by atoms with Crippen molar-refractivity contribution in [1.82, 2.24) is 9.55 Å². The Balaban J connectivity index is 1.75. The number of nitrogens with zero attached hydrogens (tertiary/aromatic N) is 2. The largest absolute Gasteiger partial charge is 0.394 e. The summed E-state index contributed by atoms with van der Waals surface area (Å²) in [4.78, 5) is 37.0. The van der Waals surface area contributed by atoms with Gasteiger partial charge in [-0.1, -0.05) is 0 Å². The first kappa shape index (κ1) is 21.6. The molecule has 0 amide bonds. The summed E-state index contributed by atoms with van der Waals surface area (Å²) in [6, 6.07) is 4.71. The number of aliphatic hydroxyl groups is 2. The van der Waals surface area contributed by atoms with Crippen LogP contribution in [-0.2, 0) is 22.7 Å². The maximum Gasteiger partial charge on any atom is 0.330 e. The summed E-state index contributed by atoms with van der Waals surface area (Å²) >= 11 is 1.97. The van der Waals surface area contributed by atoms with Gasteiger partial charge in [-0.05, 0) is 34.7 Å². The van der Waals surface area contributed by atoms with Crippen LogP contribution >= 0.6 is 22.6 Å². The SMILES string of the molecule is O=c1[nH]c(=O)n([C@@H]2CC(O)[C@H](CO)O2)cc1COCc1ccc(I)cc1[N+](=O)[O-]. The molecule has 11 nitrogen and oxygen atoms in total. The zero-order valence-corrected chi connectivity index (χ0v) is 17.1. The number of aliphatic hydroxyl groups excluding tert-OH is 2. The summed E-state index contributed by atoms with van der Waals surface area (Å²) in [5, 5.41) is 30.2. The van der Waals surface area contributed by atoms with E-state index in [4.69, 9.17) is 9.47 Å². The Bertz CT molecular complexity index is 1020. The molecule has 1 fully saturated rings. The third-order valence-corrected chi connectivity index (χ3v) is 5.17. The van der Waals surface area contributed by atoms with E-state index in [0.717, 1.165) is 4.57 Å². The topological polar surface area (TPSA) is 157 Å². The Labute approximate surface area is 177 Å². The van der Waals surface area contributed by atoms with Gasteiger partial charge in [0, 0.05) is 22.3 Å². The first-order chi connectivity index (χ1) is 13.8. The first-order valence-corrected chi connectivity index (χ1v) is 9.67. The highest BCUT2D eigenvalue weighted by molar-refractivity contribution is 14.1. The first-order valence-electron chi connectivity index (χ1n) is 8.59. The fourth-order valence-electron chi connectivity index (χ4n) is 2.99. The zero-order valence-electron chi connectivity index (χ0n) is 15.0. The van der Waals surface area contributed by atoms with Gasteiger partial charge in [0.2, 0.25) is 0 Å². The van der Waals surface area contributed by atoms with E-state index in [1.807, 2.05) is 22.6 Å². The standard InChI is InChI=1S/C17H18IN3O8/c18-11-2-1-9(12(3-11)21(26)27)7-28-8-10-5-20(17(25)19-16(10)24)15-4-13(23)14(6-22)29-15/h1-3,5,13-15,22-23H,4,6-8H2,(H,19,24,25)/t13?,14-,15-/m0/s1. The van der Waals surface area contributed by atoms with E-state index in [0.29, 0.717) is 9.13 Å². The monoisotopic (exact) mass is 519 g/mol. The van der Waals surface area contributed by atoms with Gasteiger partial charge in [0.15, 0.2) is 0 Å². The molecule has 3 rings (SSSR count). The second-order valence-corrected chi connectivity index (χ2v) is 7.70. The number of aromatic nitrogens is 2. The normalized spacial score (nSPS) is 21.4. The fraction of sp³-hybridized carbons (Fsp3) is 0.412. The van der Waals surface area contributed by atoms with Gasteiger partial charge in [0.1, 0.15) is 12.3 Å². The van der Waals surface area contributed by atoms with Crippen LogP contribution < -0.4 is 11.2 Å². The number of rotatable bonds is 7. The van der Waals surface area contributed by atoms with Crippen LogP contribution in [0, 0.1) is 13.7 Å². The molecule has 1 aromatic heterocycles. The smallest absolute Gasteiger partial charge is 0.330 e. The number of nitro benzene ring substituents is 1. The van der Waals surface area contributed by atoms with Crippen molar-refractivity contribution < 1.29 is 24.6 Å². The Morgan fingerprint density at radius 3 is 2.72 bits per heavy atom. The Morgan fingerprint density at radius 1 is 1.34 bits per heavy atom.